The van der Waals surface area contributed by atoms with E-state index in [0.29, 0.717) is 10.8 Å². The number of nitriles is 1. The lowest BCUT2D eigenvalue weighted by molar-refractivity contribution is -0.124. The summed E-state index contributed by atoms with van der Waals surface area (Å²) in [5.74, 6) is 0.505. The number of carbonyl (C=O) groups is 1. The van der Waals surface area contributed by atoms with E-state index in [4.69, 9.17) is 4.99 Å². The van der Waals surface area contributed by atoms with Crippen molar-refractivity contribution in [2.45, 2.75) is 78.2 Å². The molecule has 0 radical (unpaired) electrons. The van der Waals surface area contributed by atoms with Crippen molar-refractivity contribution < 1.29 is 4.79 Å². The lowest BCUT2D eigenvalue weighted by Gasteiger charge is -2.35. The van der Waals surface area contributed by atoms with Crippen LogP contribution < -0.4 is 0 Å². The van der Waals surface area contributed by atoms with Gasteiger partial charge in [-0.3, -0.25) is 9.69 Å². The molecule has 5 nitrogen and oxygen atoms in total. The zero-order valence-electron chi connectivity index (χ0n) is 22.9. The number of amidine groups is 1. The molecule has 3 aliphatic rings. The number of nitrogens with zero attached hydrogens (tertiary/aromatic N) is 4. The number of rotatable bonds is 4. The van der Waals surface area contributed by atoms with Gasteiger partial charge in [0.25, 0.3) is 5.91 Å². The number of aromatic nitrogens is 1. The van der Waals surface area contributed by atoms with Gasteiger partial charge in [0.15, 0.2) is 5.17 Å². The number of thioether (sulfide) groups is 1. The van der Waals surface area contributed by atoms with E-state index >= 15 is 0 Å². The second-order valence-electron chi connectivity index (χ2n) is 11.0. The van der Waals surface area contributed by atoms with Gasteiger partial charge in [0.1, 0.15) is 11.1 Å². The SMILES string of the molecule is Cc1cc(/C=C2\SC(=Nc3ccccc3)N([C@H]3CCCC[C@@H]3C)C2=O)c(C)n1-c1sc2c(c1C#N)CCCC2. The fourth-order valence-electron chi connectivity index (χ4n) is 6.36. The standard InChI is InChI=1S/C32H34N4OS2/c1-20-11-7-9-15-27(20)36-30(37)29(39-32(36)34-24-12-5-4-6-13-24)18-23-17-21(2)35(22(23)3)31-26(19-33)25-14-8-10-16-28(25)38-31/h4-6,12-13,17-18,20,27H,7-11,14-16H2,1-3H3/b29-18-,34-32?/t20-,27-/m0/s1. The van der Waals surface area contributed by atoms with Crippen LogP contribution in [0.1, 0.15) is 78.4 Å². The zero-order valence-corrected chi connectivity index (χ0v) is 24.5. The van der Waals surface area contributed by atoms with E-state index in [1.807, 2.05) is 41.3 Å². The van der Waals surface area contributed by atoms with Crippen LogP contribution in [0.15, 0.2) is 46.3 Å². The quantitative estimate of drug-likeness (QED) is 0.306. The summed E-state index contributed by atoms with van der Waals surface area (Å²) in [6.45, 7) is 6.46. The van der Waals surface area contributed by atoms with Crippen molar-refractivity contribution in [1.82, 2.24) is 9.47 Å². The average molecular weight is 555 g/mol. The molecule has 6 rings (SSSR count). The number of aliphatic imine (C=N–C) groups is 1. The van der Waals surface area contributed by atoms with Crippen molar-refractivity contribution in [1.29, 1.82) is 5.26 Å². The fraction of sp³-hybridized carbons (Fsp3) is 0.406. The van der Waals surface area contributed by atoms with Crippen molar-refractivity contribution in [2.24, 2.45) is 10.9 Å². The number of aryl methyl sites for hydroxylation is 2. The Balaban J connectivity index is 1.40. The third-order valence-corrected chi connectivity index (χ3v) is 10.7. The molecule has 1 saturated heterocycles. The second-order valence-corrected chi connectivity index (χ2v) is 13.1. The van der Waals surface area contributed by atoms with Crippen LogP contribution >= 0.6 is 23.1 Å². The van der Waals surface area contributed by atoms with Crippen molar-refractivity contribution >= 4 is 45.9 Å². The molecule has 0 N–H and O–H groups in total. The molecule has 2 fully saturated rings. The Morgan fingerprint density at radius 1 is 1.08 bits per heavy atom. The molecule has 7 heteroatoms. The number of carbonyl (C=O) groups excluding carboxylic acids is 1. The second kappa shape index (κ2) is 10.8. The van der Waals surface area contributed by atoms with Crippen LogP contribution in [0, 0.1) is 31.1 Å². The lowest BCUT2D eigenvalue weighted by atomic mass is 9.85. The van der Waals surface area contributed by atoms with Crippen LogP contribution in [0.3, 0.4) is 0 Å². The number of hydrogen-bond donors (Lipinski definition) is 0. The van der Waals surface area contributed by atoms with Crippen molar-refractivity contribution in [3.8, 4) is 11.1 Å². The maximum absolute atomic E-state index is 14.0. The molecule has 39 heavy (non-hydrogen) atoms. The maximum Gasteiger partial charge on any atom is 0.267 e. The summed E-state index contributed by atoms with van der Waals surface area (Å²) in [5, 5.41) is 11.9. The van der Waals surface area contributed by atoms with E-state index in [9.17, 15) is 10.1 Å². The first-order valence-corrected chi connectivity index (χ1v) is 15.7. The number of thiophene rings is 1. The van der Waals surface area contributed by atoms with Crippen molar-refractivity contribution in [3.05, 3.63) is 74.3 Å². The lowest BCUT2D eigenvalue weighted by Crippen LogP contribution is -2.44. The van der Waals surface area contributed by atoms with Gasteiger partial charge in [-0.2, -0.15) is 5.26 Å². The molecule has 0 spiro atoms. The minimum Gasteiger partial charge on any atom is -0.308 e. The number of benzene rings is 1. The maximum atomic E-state index is 14.0. The van der Waals surface area contributed by atoms with Crippen LogP contribution in [0.2, 0.25) is 0 Å². The Labute approximate surface area is 239 Å². The predicted molar refractivity (Wildman–Crippen MR) is 162 cm³/mol. The summed E-state index contributed by atoms with van der Waals surface area (Å²) in [6, 6.07) is 14.8. The van der Waals surface area contributed by atoms with Crippen LogP contribution in [0.5, 0.6) is 0 Å². The molecule has 3 heterocycles. The van der Waals surface area contributed by atoms with Gasteiger partial charge in [-0.15, -0.1) is 11.3 Å². The van der Waals surface area contributed by atoms with Crippen LogP contribution in [0.25, 0.3) is 11.1 Å². The van der Waals surface area contributed by atoms with E-state index in [2.05, 4.69) is 37.5 Å². The minimum atomic E-state index is 0.0579. The number of amides is 1. The van der Waals surface area contributed by atoms with Crippen molar-refractivity contribution in [3.63, 3.8) is 0 Å². The minimum absolute atomic E-state index is 0.0579. The summed E-state index contributed by atoms with van der Waals surface area (Å²) in [7, 11) is 0. The Bertz CT molecular complexity index is 1520. The molecule has 200 valence electrons. The van der Waals surface area contributed by atoms with Gasteiger partial charge in [0.05, 0.1) is 16.2 Å². The Morgan fingerprint density at radius 2 is 1.85 bits per heavy atom. The highest BCUT2D eigenvalue weighted by molar-refractivity contribution is 8.18. The van der Waals surface area contributed by atoms with Crippen LogP contribution in [0.4, 0.5) is 5.69 Å². The average Bonchev–Trinajstić information content (AvgIpc) is 3.55. The molecule has 2 aromatic heterocycles. The summed E-state index contributed by atoms with van der Waals surface area (Å²) >= 11 is 3.26. The first kappa shape index (κ1) is 26.2. The Morgan fingerprint density at radius 3 is 2.62 bits per heavy atom. The fourth-order valence-corrected chi connectivity index (χ4v) is 8.85. The predicted octanol–water partition coefficient (Wildman–Crippen LogP) is 8.09. The Kier molecular flexibility index (Phi) is 7.26. The third-order valence-electron chi connectivity index (χ3n) is 8.44. The summed E-state index contributed by atoms with van der Waals surface area (Å²) in [4.78, 5) is 23.0. The van der Waals surface area contributed by atoms with Crippen molar-refractivity contribution in [2.75, 3.05) is 0 Å². The molecule has 2 aliphatic carbocycles. The molecule has 1 saturated carbocycles. The van der Waals surface area contributed by atoms with Gasteiger partial charge in [0.2, 0.25) is 0 Å². The van der Waals surface area contributed by atoms with E-state index in [1.165, 1.54) is 35.0 Å². The molecular formula is C32H34N4OS2. The summed E-state index contributed by atoms with van der Waals surface area (Å²) in [6.07, 6.45) is 11.0. The van der Waals surface area contributed by atoms with E-state index in [0.717, 1.165) is 76.9 Å². The molecule has 0 bridgehead atoms. The van der Waals surface area contributed by atoms with E-state index in [1.54, 1.807) is 11.3 Å². The van der Waals surface area contributed by atoms with Crippen LogP contribution in [-0.4, -0.2) is 26.6 Å². The van der Waals surface area contributed by atoms with Gasteiger partial charge in [0, 0.05) is 22.3 Å². The van der Waals surface area contributed by atoms with E-state index < -0.39 is 0 Å². The molecule has 0 unspecified atom stereocenters. The molecule has 1 aromatic carbocycles. The van der Waals surface area contributed by atoms with Gasteiger partial charge in [-0.25, -0.2) is 4.99 Å². The van der Waals surface area contributed by atoms with Gasteiger partial charge >= 0.3 is 0 Å². The highest BCUT2D eigenvalue weighted by Crippen LogP contribution is 2.42. The van der Waals surface area contributed by atoms with Crippen LogP contribution in [-0.2, 0) is 17.6 Å². The smallest absolute Gasteiger partial charge is 0.267 e. The largest absolute Gasteiger partial charge is 0.308 e. The first-order valence-electron chi connectivity index (χ1n) is 14.1. The zero-order chi connectivity index (χ0) is 27.1. The molecule has 3 aromatic rings. The first-order chi connectivity index (χ1) is 19.0. The van der Waals surface area contributed by atoms with Gasteiger partial charge in [-0.1, -0.05) is 38.0 Å². The normalized spacial score (nSPS) is 23.4. The topological polar surface area (TPSA) is 61.4 Å². The summed E-state index contributed by atoms with van der Waals surface area (Å²) in [5.41, 5.74) is 6.12. The molecular weight excluding hydrogens is 521 g/mol. The third kappa shape index (κ3) is 4.79. The highest BCUT2D eigenvalue weighted by Gasteiger charge is 2.41. The van der Waals surface area contributed by atoms with Gasteiger partial charge < -0.3 is 4.57 Å². The van der Waals surface area contributed by atoms with Gasteiger partial charge in [-0.05, 0) is 105 Å². The number of para-hydroxylation sites is 1. The highest BCUT2D eigenvalue weighted by atomic mass is 32.2. The number of hydrogen-bond acceptors (Lipinski definition) is 5. The monoisotopic (exact) mass is 554 g/mol. The van der Waals surface area contributed by atoms with E-state index in [-0.39, 0.29) is 11.9 Å². The Hall–Kier alpha value is -3.08. The summed E-state index contributed by atoms with van der Waals surface area (Å²) < 4.78 is 2.22. The number of fused-ring (bicyclic) bond motifs is 1. The molecule has 2 atom stereocenters. The molecule has 1 aliphatic heterocycles. The molecule has 1 amide bonds.